The Kier molecular flexibility index (Phi) is 13.5. The van der Waals surface area contributed by atoms with Crippen molar-refractivity contribution in [1.29, 1.82) is 0 Å². The van der Waals surface area contributed by atoms with E-state index in [9.17, 15) is 4.39 Å². The van der Waals surface area contributed by atoms with Crippen molar-refractivity contribution in [3.05, 3.63) is 272 Å². The second kappa shape index (κ2) is 20.7. The Morgan fingerprint density at radius 1 is 0.409 bits per heavy atom. The van der Waals surface area contributed by atoms with Gasteiger partial charge in [-0.15, -0.1) is 0 Å². The predicted octanol–water partition coefficient (Wildman–Crippen LogP) is 14.4. The van der Waals surface area contributed by atoms with Gasteiger partial charge in [-0.25, -0.2) is 125 Å². The van der Waals surface area contributed by atoms with Gasteiger partial charge in [-0.05, 0) is 67.0 Å². The van der Waals surface area contributed by atoms with Crippen molar-refractivity contribution in [2.24, 2.45) is 20.9 Å². The van der Waals surface area contributed by atoms with Gasteiger partial charge in [-0.2, -0.15) is 0 Å². The normalized spacial score (nSPS) is 18.9. The smallest absolute Gasteiger partial charge is 0.200 e. The number of hydrogen-bond acceptors (Lipinski definition) is 5. The van der Waals surface area contributed by atoms with Crippen molar-refractivity contribution in [2.75, 3.05) is 13.1 Å². The molecule has 0 radical (unpaired) electrons. The number of H-pyrrole nitrogens is 1. The van der Waals surface area contributed by atoms with Gasteiger partial charge >= 0.3 is 0 Å². The fourth-order valence-corrected chi connectivity index (χ4v) is 12.7. The minimum Gasteiger partial charge on any atom is -0.378 e. The molecule has 1 saturated heterocycles. The molecule has 2 unspecified atom stereocenters. The van der Waals surface area contributed by atoms with Crippen LogP contribution in [0.5, 0.6) is 0 Å². The largest absolute Gasteiger partial charge is 0.378 e. The van der Waals surface area contributed by atoms with Crippen molar-refractivity contribution in [2.45, 2.75) is 25.8 Å². The molecule has 10 aliphatic rings. The third-order valence-corrected chi connectivity index (χ3v) is 16.8. The van der Waals surface area contributed by atoms with E-state index in [1.165, 1.54) is 11.1 Å². The first-order chi connectivity index (χ1) is 44.1. The number of hydrogen-bond donors (Lipinski definition) is 1. The van der Waals surface area contributed by atoms with Crippen molar-refractivity contribution in [3.63, 3.8) is 0 Å². The van der Waals surface area contributed by atoms with E-state index >= 15 is 105 Å². The molecular formula is C62H21F25N6. The van der Waals surface area contributed by atoms with Gasteiger partial charge in [0.05, 0.1) is 73.0 Å². The minimum absolute atomic E-state index is 0.0471. The van der Waals surface area contributed by atoms with E-state index in [0.717, 1.165) is 12.2 Å². The second-order valence-corrected chi connectivity index (χ2v) is 21.4. The third kappa shape index (κ3) is 7.92. The summed E-state index contributed by atoms with van der Waals surface area (Å²) in [5.74, 6) is -74.5. The summed E-state index contributed by atoms with van der Waals surface area (Å²) in [4.78, 5) is 16.9. The highest BCUT2D eigenvalue weighted by Gasteiger charge is 2.59. The average molecular weight is 1320 g/mol. The average Bonchev–Trinajstić information content (AvgIpc) is 1.63. The summed E-state index contributed by atoms with van der Waals surface area (Å²) in [5, 5.41) is -2.38. The molecule has 6 aromatic rings. The van der Waals surface area contributed by atoms with Crippen molar-refractivity contribution >= 4 is 45.1 Å². The highest BCUT2D eigenvalue weighted by molar-refractivity contribution is 6.38. The third-order valence-electron chi connectivity index (χ3n) is 16.8. The molecule has 31 heteroatoms. The molecule has 1 fully saturated rings. The lowest BCUT2D eigenvalue weighted by molar-refractivity contribution is 0.359. The number of fused-ring (bicyclic) bond motifs is 5. The zero-order chi connectivity index (χ0) is 66.6. The van der Waals surface area contributed by atoms with E-state index in [-0.39, 0.29) is 31.5 Å². The molecule has 474 valence electrons. The van der Waals surface area contributed by atoms with Gasteiger partial charge in [0.25, 0.3) is 0 Å². The summed E-state index contributed by atoms with van der Waals surface area (Å²) in [6, 6.07) is -1.67. The van der Waals surface area contributed by atoms with Crippen LogP contribution in [-0.4, -0.2) is 51.2 Å². The first kappa shape index (κ1) is 60.5. The molecule has 2 aliphatic carbocycles. The Balaban J connectivity index is 1.30. The predicted molar refractivity (Wildman–Crippen MR) is 275 cm³/mol. The van der Waals surface area contributed by atoms with Crippen molar-refractivity contribution < 1.29 is 110 Å². The molecule has 8 aliphatic heterocycles. The van der Waals surface area contributed by atoms with Gasteiger partial charge in [0.15, 0.2) is 116 Å². The number of nitrogens with zero attached hydrogens (tertiary/aromatic N) is 5. The fraction of sp³-hybridized carbons (Fsp3) is 0.113. The maximum Gasteiger partial charge on any atom is 0.200 e. The number of halogens is 25. The Labute approximate surface area is 500 Å². The maximum absolute atomic E-state index is 17.3. The van der Waals surface area contributed by atoms with Gasteiger partial charge in [-0.3, -0.25) is 0 Å². The second-order valence-electron chi connectivity index (χ2n) is 21.4. The molecular weight excluding hydrogens is 1300 g/mol. The molecule has 2 atom stereocenters. The van der Waals surface area contributed by atoms with E-state index in [4.69, 9.17) is 0 Å². The van der Waals surface area contributed by atoms with Crippen LogP contribution in [0, 0.1) is 151 Å². The molecule has 0 amide bonds. The summed E-state index contributed by atoms with van der Waals surface area (Å²) in [6.07, 6.45) is 3.51. The highest BCUT2D eigenvalue weighted by atomic mass is 19.2. The molecule has 0 saturated carbocycles. The number of rotatable bonds is 7. The van der Waals surface area contributed by atoms with Crippen LogP contribution in [0.25, 0.3) is 27.9 Å². The molecule has 1 aromatic heterocycles. The van der Waals surface area contributed by atoms with Crippen LogP contribution >= 0.6 is 0 Å². The van der Waals surface area contributed by atoms with E-state index in [2.05, 4.69) is 20.0 Å². The Morgan fingerprint density at radius 2 is 0.785 bits per heavy atom. The molecule has 5 aromatic carbocycles. The van der Waals surface area contributed by atoms with Crippen LogP contribution in [-0.2, 0) is 0 Å². The zero-order valence-electron chi connectivity index (χ0n) is 45.2. The minimum atomic E-state index is -2.95. The van der Waals surface area contributed by atoms with Gasteiger partial charge in [0.2, 0.25) is 29.1 Å². The maximum atomic E-state index is 17.3. The number of allylic oxidation sites excluding steroid dienone is 9. The highest BCUT2D eigenvalue weighted by Crippen LogP contribution is 2.61. The molecule has 14 bridgehead atoms. The molecule has 6 nitrogen and oxygen atoms in total. The Bertz CT molecular complexity index is 5040. The summed E-state index contributed by atoms with van der Waals surface area (Å²) < 4.78 is 406. The first-order valence-electron chi connectivity index (χ1n) is 26.7. The van der Waals surface area contributed by atoms with Gasteiger partial charge in [0, 0.05) is 52.2 Å². The lowest BCUT2D eigenvalue weighted by Crippen LogP contribution is -2.61. The van der Waals surface area contributed by atoms with Gasteiger partial charge in [0.1, 0.15) is 11.9 Å². The van der Waals surface area contributed by atoms with Crippen LogP contribution < -0.4 is 10.7 Å². The summed E-state index contributed by atoms with van der Waals surface area (Å²) >= 11 is 0. The number of aromatic amines is 1. The number of benzene rings is 5. The van der Waals surface area contributed by atoms with E-state index < -0.39 is 281 Å². The quantitative estimate of drug-likeness (QED) is 0.0984. The van der Waals surface area contributed by atoms with E-state index in [1.54, 1.807) is 6.92 Å². The van der Waals surface area contributed by atoms with Gasteiger partial charge in [-0.1, -0.05) is 12.2 Å². The number of aliphatic imine (C=N–C) groups is 3. The van der Waals surface area contributed by atoms with E-state index in [0.29, 0.717) is 29.2 Å². The van der Waals surface area contributed by atoms with Crippen molar-refractivity contribution in [1.82, 2.24) is 14.8 Å². The Morgan fingerprint density at radius 3 is 1.22 bits per heavy atom. The lowest BCUT2D eigenvalue weighted by atomic mass is 9.73. The van der Waals surface area contributed by atoms with Gasteiger partial charge < -0.3 is 14.8 Å². The standard InChI is InChI=1S/C62H21F25N6/c1-2-92-11-3-4-13(12-92)20-14-5-6-15(20)22(27-34(65)44(75)53(84)45(76)35(27)66)58-60-31-57(21(14)26-32(63)42(73)52(83)43(74)33(26)64)91-62-25(30-40(71)50(81)56(87)51(82)41(30)72)19-10-8-17(89-19)23(28-36(67)46(77)54(85)47(78)37(28)68)16-7-9-18(88-16)24(59(90-58)61(31)93(60)62)29-38(69)48(79)55(86)49(80)39(29)70/h5-10,12,20,61,89H,2-4,11H2,1H3. The number of aromatic nitrogens is 1. The van der Waals surface area contributed by atoms with Crippen LogP contribution in [0.1, 0.15) is 47.6 Å². The lowest BCUT2D eigenvalue weighted by Gasteiger charge is -2.55. The van der Waals surface area contributed by atoms with E-state index in [1.807, 2.05) is 0 Å². The zero-order valence-corrected chi connectivity index (χ0v) is 45.2. The summed E-state index contributed by atoms with van der Waals surface area (Å²) in [5.41, 5.74) is -29.4. The number of amidine groups is 1. The summed E-state index contributed by atoms with van der Waals surface area (Å²) in [6.45, 7) is 1.81. The molecule has 1 N–H and O–H groups in total. The molecule has 93 heavy (non-hydrogen) atoms. The van der Waals surface area contributed by atoms with Crippen LogP contribution in [0.3, 0.4) is 0 Å². The fourth-order valence-electron chi connectivity index (χ4n) is 12.7. The number of nitrogens with one attached hydrogen (secondary N) is 1. The Hall–Kier alpha value is -10.1. The SMILES string of the molecule is CCN1C=C(C2C3=C(c4c(F)c(F)c(F)c(F)c4F)C4=C5C6=C(N=C7C(c8c(F)c(F)c(F)c(F)c8F)=C8C=CC(=N8)C(c8c(F)c(F)c(F)c(F)c8F)=c8ccc([nH]8)=C(c8c(F)c(F)c(F)c(F)c8F)C(=N4)N6C75)C(c4c(F)c(F)c(F)c(F)c4F)=C2C=C3)CCC1. The van der Waals surface area contributed by atoms with Crippen LogP contribution in [0.4, 0.5) is 110 Å². The van der Waals surface area contributed by atoms with Crippen LogP contribution in [0.15, 0.2) is 103 Å². The van der Waals surface area contributed by atoms with Crippen molar-refractivity contribution in [3.8, 4) is 0 Å². The molecule has 16 rings (SSSR count). The topological polar surface area (TPSA) is 59.4 Å². The monoisotopic (exact) mass is 1320 g/mol. The summed E-state index contributed by atoms with van der Waals surface area (Å²) in [7, 11) is 0. The molecule has 9 heterocycles. The first-order valence-corrected chi connectivity index (χ1v) is 26.7. The van der Waals surface area contributed by atoms with Crippen LogP contribution in [0.2, 0.25) is 0 Å². The molecule has 0 spiro atoms.